The zero-order chi connectivity index (χ0) is 8.10. The van der Waals surface area contributed by atoms with Crippen molar-refractivity contribution in [3.05, 3.63) is 35.9 Å². The maximum absolute atomic E-state index is 10.2. The average Bonchev–Trinajstić information content (AvgIpc) is 2.03. The third-order valence-corrected chi connectivity index (χ3v) is 1.38. The molecule has 0 saturated carbocycles. The number of hydrogen-bond acceptors (Lipinski definition) is 1. The first-order chi connectivity index (χ1) is 5.29. The van der Waals surface area contributed by atoms with Gasteiger partial charge in [0.2, 0.25) is 0 Å². The van der Waals surface area contributed by atoms with E-state index in [1.54, 1.807) is 6.07 Å². The van der Waals surface area contributed by atoms with E-state index in [4.69, 9.17) is 5.11 Å². The van der Waals surface area contributed by atoms with Crippen LogP contribution < -0.4 is 0 Å². The topological polar surface area (TPSA) is 37.3 Å². The first kappa shape index (κ1) is 7.79. The highest BCUT2D eigenvalue weighted by atomic mass is 16.4. The molecule has 0 saturated heterocycles. The summed E-state index contributed by atoms with van der Waals surface area (Å²) in [6, 6.07) is 10.4. The van der Waals surface area contributed by atoms with Crippen LogP contribution in [-0.2, 0) is 11.2 Å². The Hall–Kier alpha value is -1.31. The minimum Gasteiger partial charge on any atom is -0.481 e. The van der Waals surface area contributed by atoms with Gasteiger partial charge in [-0.3, -0.25) is 4.79 Å². The molecule has 0 fully saturated rings. The van der Waals surface area contributed by atoms with Gasteiger partial charge in [-0.25, -0.2) is 0 Å². The van der Waals surface area contributed by atoms with E-state index < -0.39 is 5.97 Å². The van der Waals surface area contributed by atoms with Crippen LogP contribution in [-0.4, -0.2) is 11.1 Å². The first-order valence-corrected chi connectivity index (χ1v) is 3.46. The minimum absolute atomic E-state index is 0.181. The van der Waals surface area contributed by atoms with E-state index in [0.717, 1.165) is 5.56 Å². The van der Waals surface area contributed by atoms with Crippen molar-refractivity contribution in [2.45, 2.75) is 12.8 Å². The lowest BCUT2D eigenvalue weighted by Crippen LogP contribution is -1.96. The van der Waals surface area contributed by atoms with Gasteiger partial charge in [-0.2, -0.15) is 0 Å². The summed E-state index contributed by atoms with van der Waals surface area (Å²) in [5, 5.41) is 8.36. The second-order valence-electron chi connectivity index (χ2n) is 2.28. The second-order valence-corrected chi connectivity index (χ2v) is 2.28. The van der Waals surface area contributed by atoms with E-state index in [2.05, 4.69) is 6.07 Å². The normalized spacial score (nSPS) is 9.45. The summed E-state index contributed by atoms with van der Waals surface area (Å²) in [5.41, 5.74) is 0.954. The standard InChI is InChI=1S/C9H9O2/c10-9(11)7-6-8-4-2-1-3-5-8/h1-4H,6-7H2,(H,10,11). The van der Waals surface area contributed by atoms with Gasteiger partial charge in [0.25, 0.3) is 0 Å². The molecule has 1 N–H and O–H groups in total. The van der Waals surface area contributed by atoms with Crippen molar-refractivity contribution in [2.75, 3.05) is 0 Å². The Morgan fingerprint density at radius 2 is 2.36 bits per heavy atom. The van der Waals surface area contributed by atoms with Crippen LogP contribution in [0.15, 0.2) is 24.3 Å². The van der Waals surface area contributed by atoms with E-state index in [0.29, 0.717) is 6.42 Å². The summed E-state index contributed by atoms with van der Waals surface area (Å²) in [6.45, 7) is 0. The number of aliphatic carboxylic acids is 1. The summed E-state index contributed by atoms with van der Waals surface area (Å²) in [4.78, 5) is 10.2. The third kappa shape index (κ3) is 2.85. The number of aryl methyl sites for hydroxylation is 1. The highest BCUT2D eigenvalue weighted by Gasteiger charge is 1.96. The predicted octanol–water partition coefficient (Wildman–Crippen LogP) is 1.50. The zero-order valence-corrected chi connectivity index (χ0v) is 6.08. The predicted molar refractivity (Wildman–Crippen MR) is 41.2 cm³/mol. The quantitative estimate of drug-likeness (QED) is 0.707. The molecule has 2 heteroatoms. The van der Waals surface area contributed by atoms with Crippen molar-refractivity contribution >= 4 is 5.97 Å². The molecule has 2 nitrogen and oxygen atoms in total. The minimum atomic E-state index is -0.762. The van der Waals surface area contributed by atoms with Crippen LogP contribution in [0.5, 0.6) is 0 Å². The highest BCUT2D eigenvalue weighted by molar-refractivity contribution is 5.67. The molecule has 0 aliphatic carbocycles. The number of hydrogen-bond donors (Lipinski definition) is 1. The maximum Gasteiger partial charge on any atom is 0.303 e. The summed E-state index contributed by atoms with van der Waals surface area (Å²) >= 11 is 0. The van der Waals surface area contributed by atoms with Gasteiger partial charge in [0.1, 0.15) is 0 Å². The number of carbonyl (C=O) groups is 1. The van der Waals surface area contributed by atoms with E-state index in [9.17, 15) is 4.79 Å². The van der Waals surface area contributed by atoms with Crippen molar-refractivity contribution in [3.8, 4) is 0 Å². The monoisotopic (exact) mass is 149 g/mol. The van der Waals surface area contributed by atoms with Gasteiger partial charge < -0.3 is 5.11 Å². The molecule has 57 valence electrons. The largest absolute Gasteiger partial charge is 0.481 e. The molecule has 0 aromatic heterocycles. The Morgan fingerprint density at radius 1 is 1.55 bits per heavy atom. The first-order valence-electron chi connectivity index (χ1n) is 3.46. The number of rotatable bonds is 3. The van der Waals surface area contributed by atoms with Crippen molar-refractivity contribution in [1.82, 2.24) is 0 Å². The molecule has 0 heterocycles. The van der Waals surface area contributed by atoms with Gasteiger partial charge in [0, 0.05) is 6.42 Å². The molecule has 1 radical (unpaired) electrons. The Morgan fingerprint density at radius 3 is 2.91 bits per heavy atom. The maximum atomic E-state index is 10.2. The van der Waals surface area contributed by atoms with Crippen LogP contribution in [0.3, 0.4) is 0 Å². The lowest BCUT2D eigenvalue weighted by molar-refractivity contribution is -0.136. The Bertz CT molecular complexity index is 229. The molecule has 0 aliphatic rings. The third-order valence-electron chi connectivity index (χ3n) is 1.38. The van der Waals surface area contributed by atoms with Crippen molar-refractivity contribution < 1.29 is 9.90 Å². The van der Waals surface area contributed by atoms with Crippen LogP contribution in [0.25, 0.3) is 0 Å². The molecule has 0 amide bonds. The van der Waals surface area contributed by atoms with E-state index in [1.807, 2.05) is 18.2 Å². The summed E-state index contributed by atoms with van der Waals surface area (Å²) in [7, 11) is 0. The lowest BCUT2D eigenvalue weighted by atomic mass is 10.1. The molecule has 0 bridgehead atoms. The van der Waals surface area contributed by atoms with Gasteiger partial charge in [0.05, 0.1) is 0 Å². The Labute approximate surface area is 65.5 Å². The molecular weight excluding hydrogens is 140 g/mol. The Balaban J connectivity index is 2.45. The Kier molecular flexibility index (Phi) is 2.66. The van der Waals surface area contributed by atoms with E-state index >= 15 is 0 Å². The average molecular weight is 149 g/mol. The zero-order valence-electron chi connectivity index (χ0n) is 6.08. The number of carboxylic acids is 1. The fourth-order valence-corrected chi connectivity index (χ4v) is 0.828. The van der Waals surface area contributed by atoms with Crippen molar-refractivity contribution in [3.63, 3.8) is 0 Å². The summed E-state index contributed by atoms with van der Waals surface area (Å²) in [6.07, 6.45) is 0.747. The van der Waals surface area contributed by atoms with Gasteiger partial charge in [-0.05, 0) is 18.1 Å². The van der Waals surface area contributed by atoms with Crippen LogP contribution in [0.1, 0.15) is 12.0 Å². The SMILES string of the molecule is O=C(O)CCc1[c]cccc1. The molecule has 1 aromatic rings. The van der Waals surface area contributed by atoms with E-state index in [-0.39, 0.29) is 6.42 Å². The molecule has 0 aliphatic heterocycles. The smallest absolute Gasteiger partial charge is 0.303 e. The molecule has 1 aromatic carbocycles. The fourth-order valence-electron chi connectivity index (χ4n) is 0.828. The fraction of sp³-hybridized carbons (Fsp3) is 0.222. The van der Waals surface area contributed by atoms with Crippen LogP contribution in [0, 0.1) is 6.07 Å². The van der Waals surface area contributed by atoms with Crippen molar-refractivity contribution in [2.24, 2.45) is 0 Å². The summed E-state index contributed by atoms with van der Waals surface area (Å²) < 4.78 is 0. The van der Waals surface area contributed by atoms with Gasteiger partial charge in [0.15, 0.2) is 0 Å². The van der Waals surface area contributed by atoms with Crippen LogP contribution >= 0.6 is 0 Å². The number of carboxylic acid groups (broad SMARTS) is 1. The van der Waals surface area contributed by atoms with Gasteiger partial charge >= 0.3 is 5.97 Å². The van der Waals surface area contributed by atoms with Crippen LogP contribution in [0.4, 0.5) is 0 Å². The molecule has 11 heavy (non-hydrogen) atoms. The second kappa shape index (κ2) is 3.76. The molecular formula is C9H9O2. The molecule has 0 spiro atoms. The van der Waals surface area contributed by atoms with Gasteiger partial charge in [-0.15, -0.1) is 0 Å². The van der Waals surface area contributed by atoms with Crippen molar-refractivity contribution in [1.29, 1.82) is 0 Å². The van der Waals surface area contributed by atoms with Crippen LogP contribution in [0.2, 0.25) is 0 Å². The molecule has 0 atom stereocenters. The highest BCUT2D eigenvalue weighted by Crippen LogP contribution is 2.00. The lowest BCUT2D eigenvalue weighted by Gasteiger charge is -1.94. The molecule has 1 rings (SSSR count). The summed E-state index contributed by atoms with van der Waals surface area (Å²) in [5.74, 6) is -0.762. The molecule has 0 unspecified atom stereocenters. The van der Waals surface area contributed by atoms with E-state index in [1.165, 1.54) is 0 Å². The number of benzene rings is 1. The van der Waals surface area contributed by atoms with Gasteiger partial charge in [-0.1, -0.05) is 24.3 Å².